The number of imidazole rings is 1. The first-order valence-corrected chi connectivity index (χ1v) is 6.83. The molecule has 2 aromatic heterocycles. The maximum Gasteiger partial charge on any atom is 0.413 e. The molecule has 0 unspecified atom stereocenters. The minimum absolute atomic E-state index is 0.0118. The standard InChI is InChI=1S/C14H13FN6O3/c1-24-14(23)20-13-17-9-10(18-12(16)19-11(9)22)21(13)6-7-2-4-8(15)5-3-7/h2-5H,6H2,1H3,(H,17,20,23)(H3,16,18,19,22). The number of hydrogen-bond acceptors (Lipinski definition) is 6. The van der Waals surface area contributed by atoms with Gasteiger partial charge in [-0.2, -0.15) is 4.98 Å². The summed E-state index contributed by atoms with van der Waals surface area (Å²) in [6.45, 7) is 0.187. The van der Waals surface area contributed by atoms with E-state index >= 15 is 0 Å². The molecule has 24 heavy (non-hydrogen) atoms. The van der Waals surface area contributed by atoms with E-state index in [9.17, 15) is 14.0 Å². The number of ether oxygens (including phenoxy) is 1. The molecule has 0 bridgehead atoms. The van der Waals surface area contributed by atoms with Crippen LogP contribution in [0.4, 0.5) is 21.1 Å². The van der Waals surface area contributed by atoms with Crippen LogP contribution in [0.25, 0.3) is 11.2 Å². The molecule has 4 N–H and O–H groups in total. The second-order valence-corrected chi connectivity index (χ2v) is 4.89. The molecular formula is C14H13FN6O3. The van der Waals surface area contributed by atoms with E-state index in [4.69, 9.17) is 5.73 Å². The monoisotopic (exact) mass is 332 g/mol. The van der Waals surface area contributed by atoms with Crippen LogP contribution in [0.2, 0.25) is 0 Å². The highest BCUT2D eigenvalue weighted by molar-refractivity contribution is 5.85. The normalized spacial score (nSPS) is 10.8. The van der Waals surface area contributed by atoms with Gasteiger partial charge in [0.1, 0.15) is 5.82 Å². The number of nitrogens with zero attached hydrogens (tertiary/aromatic N) is 3. The summed E-state index contributed by atoms with van der Waals surface area (Å²) in [7, 11) is 1.20. The maximum atomic E-state index is 13.1. The number of nitrogens with one attached hydrogen (secondary N) is 2. The Morgan fingerprint density at radius 3 is 2.75 bits per heavy atom. The molecule has 1 amide bonds. The van der Waals surface area contributed by atoms with Crippen LogP contribution in [-0.2, 0) is 11.3 Å². The highest BCUT2D eigenvalue weighted by Crippen LogP contribution is 2.18. The number of nitrogens with two attached hydrogens (primary N) is 1. The number of carbonyl (C=O) groups excluding carboxylic acids is 1. The summed E-state index contributed by atoms with van der Waals surface area (Å²) in [6, 6.07) is 5.74. The topological polar surface area (TPSA) is 128 Å². The summed E-state index contributed by atoms with van der Waals surface area (Å²) in [6.07, 6.45) is -0.755. The average Bonchev–Trinajstić information content (AvgIpc) is 2.87. The van der Waals surface area contributed by atoms with Gasteiger partial charge in [0.2, 0.25) is 11.9 Å². The predicted molar refractivity (Wildman–Crippen MR) is 84.1 cm³/mol. The zero-order chi connectivity index (χ0) is 17.3. The third-order valence-corrected chi connectivity index (χ3v) is 3.28. The van der Waals surface area contributed by atoms with E-state index in [1.165, 1.54) is 23.8 Å². The first-order valence-electron chi connectivity index (χ1n) is 6.83. The number of halogens is 1. The quantitative estimate of drug-likeness (QED) is 0.658. The Kier molecular flexibility index (Phi) is 3.86. The average molecular weight is 332 g/mol. The summed E-state index contributed by atoms with van der Waals surface area (Å²) < 4.78 is 19.1. The van der Waals surface area contributed by atoms with Gasteiger partial charge in [-0.25, -0.2) is 14.2 Å². The number of aromatic nitrogens is 4. The molecular weight excluding hydrogens is 319 g/mol. The zero-order valence-corrected chi connectivity index (χ0v) is 12.5. The van der Waals surface area contributed by atoms with Gasteiger partial charge in [0.25, 0.3) is 5.56 Å². The molecule has 0 radical (unpaired) electrons. The first kappa shape index (κ1) is 15.5. The number of methoxy groups -OCH3 is 1. The predicted octanol–water partition coefficient (Wildman–Crippen LogP) is 1.07. The molecule has 0 spiro atoms. The van der Waals surface area contributed by atoms with Gasteiger partial charge >= 0.3 is 6.09 Å². The van der Waals surface area contributed by atoms with E-state index in [0.29, 0.717) is 5.56 Å². The van der Waals surface area contributed by atoms with E-state index in [-0.39, 0.29) is 35.4 Å². The van der Waals surface area contributed by atoms with Gasteiger partial charge in [0.15, 0.2) is 11.2 Å². The molecule has 0 atom stereocenters. The number of benzene rings is 1. The van der Waals surface area contributed by atoms with Gasteiger partial charge < -0.3 is 10.5 Å². The van der Waals surface area contributed by atoms with Crippen LogP contribution in [0.1, 0.15) is 5.56 Å². The number of hydrogen-bond donors (Lipinski definition) is 3. The second-order valence-electron chi connectivity index (χ2n) is 4.89. The number of amides is 1. The molecule has 0 saturated carbocycles. The van der Waals surface area contributed by atoms with Crippen LogP contribution in [0, 0.1) is 5.82 Å². The lowest BCUT2D eigenvalue weighted by Gasteiger charge is -2.09. The van der Waals surface area contributed by atoms with E-state index < -0.39 is 11.7 Å². The van der Waals surface area contributed by atoms with Crippen molar-refractivity contribution in [2.24, 2.45) is 0 Å². The fourth-order valence-electron chi connectivity index (χ4n) is 2.19. The molecule has 0 fully saturated rings. The number of H-pyrrole nitrogens is 1. The molecule has 10 heteroatoms. The first-order chi connectivity index (χ1) is 11.5. The number of aromatic amines is 1. The van der Waals surface area contributed by atoms with Crippen molar-refractivity contribution in [1.82, 2.24) is 19.5 Å². The van der Waals surface area contributed by atoms with Crippen molar-refractivity contribution in [1.29, 1.82) is 0 Å². The van der Waals surface area contributed by atoms with Crippen molar-refractivity contribution < 1.29 is 13.9 Å². The van der Waals surface area contributed by atoms with Gasteiger partial charge in [0.05, 0.1) is 13.7 Å². The van der Waals surface area contributed by atoms with Crippen LogP contribution < -0.4 is 16.6 Å². The van der Waals surface area contributed by atoms with Crippen molar-refractivity contribution >= 4 is 29.2 Å². The van der Waals surface area contributed by atoms with Gasteiger partial charge in [-0.15, -0.1) is 0 Å². The number of carbonyl (C=O) groups is 1. The van der Waals surface area contributed by atoms with Crippen molar-refractivity contribution in [3.8, 4) is 0 Å². The molecule has 3 aromatic rings. The number of fused-ring (bicyclic) bond motifs is 1. The number of rotatable bonds is 3. The van der Waals surface area contributed by atoms with Gasteiger partial charge in [-0.1, -0.05) is 12.1 Å². The lowest BCUT2D eigenvalue weighted by atomic mass is 10.2. The van der Waals surface area contributed by atoms with Crippen molar-refractivity contribution in [3.63, 3.8) is 0 Å². The summed E-state index contributed by atoms with van der Waals surface area (Å²) in [4.78, 5) is 33.9. The zero-order valence-electron chi connectivity index (χ0n) is 12.5. The molecule has 0 saturated heterocycles. The Balaban J connectivity index is 2.14. The fourth-order valence-corrected chi connectivity index (χ4v) is 2.19. The van der Waals surface area contributed by atoms with Crippen LogP contribution in [0.3, 0.4) is 0 Å². The van der Waals surface area contributed by atoms with Crippen LogP contribution in [0.15, 0.2) is 29.1 Å². The number of nitrogen functional groups attached to an aromatic ring is 1. The molecule has 0 aliphatic rings. The summed E-state index contributed by atoms with van der Waals surface area (Å²) >= 11 is 0. The van der Waals surface area contributed by atoms with E-state index in [0.717, 1.165) is 0 Å². The lowest BCUT2D eigenvalue weighted by molar-refractivity contribution is 0.186. The second kappa shape index (κ2) is 5.99. The Morgan fingerprint density at radius 2 is 2.08 bits per heavy atom. The Bertz CT molecular complexity index is 963. The molecule has 0 aliphatic heterocycles. The highest BCUT2D eigenvalue weighted by atomic mass is 19.1. The van der Waals surface area contributed by atoms with E-state index in [1.54, 1.807) is 12.1 Å². The Labute approximate surface area is 134 Å². The summed E-state index contributed by atoms with van der Waals surface area (Å²) in [5.74, 6) is -0.400. The molecule has 2 heterocycles. The fraction of sp³-hybridized carbons (Fsp3) is 0.143. The SMILES string of the molecule is COC(=O)Nc1nc2c(=O)[nH]c(N)nc2n1Cc1ccc(F)cc1. The van der Waals surface area contributed by atoms with Crippen molar-refractivity contribution in [3.05, 3.63) is 46.0 Å². The van der Waals surface area contributed by atoms with E-state index in [1.807, 2.05) is 0 Å². The summed E-state index contributed by atoms with van der Waals surface area (Å²) in [5.41, 5.74) is 5.95. The van der Waals surface area contributed by atoms with Gasteiger partial charge in [0, 0.05) is 0 Å². The third kappa shape index (κ3) is 2.89. The molecule has 124 valence electrons. The molecule has 0 aliphatic carbocycles. The Hall–Kier alpha value is -3.43. The lowest BCUT2D eigenvalue weighted by Crippen LogP contribution is -2.16. The Morgan fingerprint density at radius 1 is 1.38 bits per heavy atom. The molecule has 1 aromatic carbocycles. The maximum absolute atomic E-state index is 13.1. The number of anilines is 2. The minimum atomic E-state index is -0.755. The third-order valence-electron chi connectivity index (χ3n) is 3.28. The van der Waals surface area contributed by atoms with Gasteiger partial charge in [-0.3, -0.25) is 19.7 Å². The van der Waals surface area contributed by atoms with Crippen LogP contribution >= 0.6 is 0 Å². The van der Waals surface area contributed by atoms with Crippen molar-refractivity contribution in [2.75, 3.05) is 18.2 Å². The highest BCUT2D eigenvalue weighted by Gasteiger charge is 2.18. The van der Waals surface area contributed by atoms with E-state index in [2.05, 4.69) is 25.0 Å². The smallest absolute Gasteiger partial charge is 0.413 e. The van der Waals surface area contributed by atoms with Crippen LogP contribution in [-0.4, -0.2) is 32.7 Å². The van der Waals surface area contributed by atoms with Crippen LogP contribution in [0.5, 0.6) is 0 Å². The van der Waals surface area contributed by atoms with Crippen molar-refractivity contribution in [2.45, 2.75) is 6.54 Å². The molecule has 3 rings (SSSR count). The molecule has 9 nitrogen and oxygen atoms in total. The minimum Gasteiger partial charge on any atom is -0.453 e. The van der Waals surface area contributed by atoms with Gasteiger partial charge in [-0.05, 0) is 17.7 Å². The summed E-state index contributed by atoms with van der Waals surface area (Å²) in [5, 5.41) is 2.41. The largest absolute Gasteiger partial charge is 0.453 e.